The summed E-state index contributed by atoms with van der Waals surface area (Å²) in [6.07, 6.45) is 0. The Morgan fingerprint density at radius 1 is 0.714 bits per heavy atom. The Kier molecular flexibility index (Phi) is 4.18. The Balaban J connectivity index is 2.56. The van der Waals surface area contributed by atoms with E-state index in [9.17, 15) is 27.7 Å². The third-order valence-electron chi connectivity index (χ3n) is 2.94. The van der Waals surface area contributed by atoms with E-state index in [1.807, 2.05) is 0 Å². The van der Waals surface area contributed by atoms with Crippen LogP contribution in [-0.2, 0) is 9.13 Å². The van der Waals surface area contributed by atoms with Crippen LogP contribution in [0.5, 0.6) is 0 Å². The Hall–Kier alpha value is -1.32. The summed E-state index contributed by atoms with van der Waals surface area (Å²) >= 11 is 0. The van der Waals surface area contributed by atoms with Crippen LogP contribution in [0.3, 0.4) is 0 Å². The summed E-state index contributed by atoms with van der Waals surface area (Å²) in [7, 11) is -10.8. The summed E-state index contributed by atoms with van der Waals surface area (Å²) in [5.74, 6) is 0. The molecule has 0 aromatic heterocycles. The number of benzene rings is 2. The number of rotatable bonds is 4. The van der Waals surface area contributed by atoms with Crippen LogP contribution in [0, 0.1) is 0 Å². The van der Waals surface area contributed by atoms with Crippen LogP contribution >= 0.6 is 14.7 Å². The molecule has 0 saturated heterocycles. The van der Waals surface area contributed by atoms with Gasteiger partial charge in [-0.05, 0) is 24.3 Å². The van der Waals surface area contributed by atoms with Crippen LogP contribution < -0.4 is 10.6 Å². The molecule has 2 rings (SSSR count). The van der Waals surface area contributed by atoms with Gasteiger partial charge in [-0.3, -0.25) is 9.13 Å². The Morgan fingerprint density at radius 3 is 1.29 bits per heavy atom. The van der Waals surface area contributed by atoms with Gasteiger partial charge in [-0.2, -0.15) is 8.78 Å². The average molecular weight is 332 g/mol. The summed E-state index contributed by atoms with van der Waals surface area (Å²) in [5.41, 5.74) is 0. The monoisotopic (exact) mass is 332 g/mol. The third-order valence-corrected chi connectivity index (χ3v) is 8.02. The Morgan fingerprint density at radius 2 is 1.00 bits per heavy atom. The molecule has 0 heterocycles. The van der Waals surface area contributed by atoms with Crippen LogP contribution in [0.25, 0.3) is 0 Å². The molecule has 0 aliphatic heterocycles. The van der Waals surface area contributed by atoms with Gasteiger partial charge in [0.15, 0.2) is 0 Å². The van der Waals surface area contributed by atoms with E-state index >= 15 is 0 Å². The number of hydrogen-bond acceptors (Lipinski definition) is 2. The van der Waals surface area contributed by atoms with Gasteiger partial charge in [-0.15, -0.1) is 0 Å². The molecule has 0 radical (unpaired) electrons. The molecule has 2 aromatic rings. The molecule has 2 N–H and O–H groups in total. The minimum absolute atomic E-state index is 0.569. The summed E-state index contributed by atoms with van der Waals surface area (Å²) in [4.78, 5) is 19.6. The van der Waals surface area contributed by atoms with Crippen molar-refractivity contribution in [2.45, 2.75) is 5.40 Å². The van der Waals surface area contributed by atoms with Gasteiger partial charge >= 0.3 is 20.1 Å². The molecule has 0 bridgehead atoms. The molecule has 4 nitrogen and oxygen atoms in total. The summed E-state index contributed by atoms with van der Waals surface area (Å²) in [6.45, 7) is 0. The van der Waals surface area contributed by atoms with Gasteiger partial charge in [0.2, 0.25) is 0 Å². The molecule has 0 aliphatic carbocycles. The van der Waals surface area contributed by atoms with Gasteiger partial charge in [0, 0.05) is 10.6 Å². The van der Waals surface area contributed by atoms with Gasteiger partial charge in [0.1, 0.15) is 0 Å². The summed E-state index contributed by atoms with van der Waals surface area (Å²) in [5, 5.41) is -5.82. The van der Waals surface area contributed by atoms with E-state index in [4.69, 9.17) is 0 Å². The van der Waals surface area contributed by atoms with Gasteiger partial charge < -0.3 is 9.79 Å². The molecule has 0 aliphatic rings. The van der Waals surface area contributed by atoms with Crippen LogP contribution in [0.4, 0.5) is 8.78 Å². The molecule has 21 heavy (non-hydrogen) atoms. The molecule has 2 unspecified atom stereocenters. The molecule has 0 saturated carbocycles. The van der Waals surface area contributed by atoms with Gasteiger partial charge in [0.05, 0.1) is 0 Å². The predicted molar refractivity (Wildman–Crippen MR) is 76.7 cm³/mol. The van der Waals surface area contributed by atoms with E-state index < -0.39 is 30.8 Å². The largest absolute Gasteiger partial charge is 0.401 e. The number of alkyl halides is 2. The lowest BCUT2D eigenvalue weighted by Gasteiger charge is -2.27. The van der Waals surface area contributed by atoms with Crippen molar-refractivity contribution < 1.29 is 27.7 Å². The standard InChI is InChI=1S/C13H12F2O4P2/c14-13(15,20(16,17)11-7-3-1-4-8-11)21(18,19)12-9-5-2-6-10-12/h1-10H,(H,16,17)(H,18,19). The van der Waals surface area contributed by atoms with E-state index in [1.54, 1.807) is 0 Å². The second kappa shape index (κ2) is 5.47. The second-order valence-electron chi connectivity index (χ2n) is 4.33. The molecule has 0 amide bonds. The zero-order valence-corrected chi connectivity index (χ0v) is 12.4. The van der Waals surface area contributed by atoms with Gasteiger partial charge in [0.25, 0.3) is 0 Å². The van der Waals surface area contributed by atoms with E-state index in [0.717, 1.165) is 24.3 Å². The zero-order chi connectivity index (χ0) is 15.7. The third kappa shape index (κ3) is 2.60. The van der Waals surface area contributed by atoms with Crippen molar-refractivity contribution in [3.8, 4) is 0 Å². The smallest absolute Gasteiger partial charge is 0.337 e. The molecule has 2 aromatic carbocycles. The molecule has 2 atom stereocenters. The first-order valence-corrected chi connectivity index (χ1v) is 9.18. The number of hydrogen-bond donors (Lipinski definition) is 2. The van der Waals surface area contributed by atoms with Crippen LogP contribution in [0.15, 0.2) is 60.7 Å². The van der Waals surface area contributed by atoms with E-state index in [2.05, 4.69) is 0 Å². The molecular formula is C13H12F2O4P2. The number of halogens is 2. The van der Waals surface area contributed by atoms with E-state index in [0.29, 0.717) is 0 Å². The van der Waals surface area contributed by atoms with Gasteiger partial charge in [-0.1, -0.05) is 36.4 Å². The van der Waals surface area contributed by atoms with Crippen molar-refractivity contribution >= 4 is 25.3 Å². The van der Waals surface area contributed by atoms with Crippen LogP contribution in [0.2, 0.25) is 0 Å². The van der Waals surface area contributed by atoms with Crippen molar-refractivity contribution in [2.75, 3.05) is 0 Å². The fourth-order valence-electron chi connectivity index (χ4n) is 1.75. The highest BCUT2D eigenvalue weighted by molar-refractivity contribution is 7.84. The lowest BCUT2D eigenvalue weighted by Crippen LogP contribution is -2.28. The molecular weight excluding hydrogens is 320 g/mol. The minimum atomic E-state index is -5.38. The zero-order valence-electron chi connectivity index (χ0n) is 10.6. The summed E-state index contributed by atoms with van der Waals surface area (Å²) < 4.78 is 52.9. The molecule has 8 heteroatoms. The van der Waals surface area contributed by atoms with Crippen molar-refractivity contribution in [1.82, 2.24) is 0 Å². The molecule has 112 valence electrons. The van der Waals surface area contributed by atoms with Crippen molar-refractivity contribution in [2.24, 2.45) is 0 Å². The minimum Gasteiger partial charge on any atom is -0.337 e. The Labute approximate surface area is 120 Å². The average Bonchev–Trinajstić information content (AvgIpc) is 2.48. The quantitative estimate of drug-likeness (QED) is 0.845. The maximum Gasteiger partial charge on any atom is 0.401 e. The topological polar surface area (TPSA) is 74.6 Å². The first-order valence-electron chi connectivity index (χ1n) is 5.86. The normalized spacial score (nSPS) is 17.7. The molecule has 0 fully saturated rings. The van der Waals surface area contributed by atoms with Crippen molar-refractivity contribution in [3.05, 3.63) is 60.7 Å². The van der Waals surface area contributed by atoms with Crippen molar-refractivity contribution in [3.63, 3.8) is 0 Å². The van der Waals surface area contributed by atoms with E-state index in [1.165, 1.54) is 36.4 Å². The lowest BCUT2D eigenvalue weighted by atomic mass is 10.4. The fourth-order valence-corrected chi connectivity index (χ4v) is 5.69. The lowest BCUT2D eigenvalue weighted by molar-refractivity contribution is 0.151. The molecule has 0 spiro atoms. The maximum absolute atomic E-state index is 14.3. The maximum atomic E-state index is 14.3. The predicted octanol–water partition coefficient (Wildman–Crippen LogP) is 2.73. The van der Waals surface area contributed by atoms with Crippen LogP contribution in [-0.4, -0.2) is 15.2 Å². The fraction of sp³-hybridized carbons (Fsp3) is 0.0769. The highest BCUT2D eigenvalue weighted by atomic mass is 31.2. The summed E-state index contributed by atoms with van der Waals surface area (Å²) in [6, 6.07) is 12.3. The Bertz CT molecular complexity index is 658. The first kappa shape index (κ1) is 16.1. The van der Waals surface area contributed by atoms with Gasteiger partial charge in [-0.25, -0.2) is 0 Å². The SMILES string of the molecule is O=P(O)(c1ccccc1)C(F)(F)P(=O)(O)c1ccccc1. The van der Waals surface area contributed by atoms with Crippen LogP contribution in [0.1, 0.15) is 0 Å². The van der Waals surface area contributed by atoms with E-state index in [-0.39, 0.29) is 0 Å². The highest BCUT2D eigenvalue weighted by Gasteiger charge is 2.64. The highest BCUT2D eigenvalue weighted by Crippen LogP contribution is 2.73. The second-order valence-corrected chi connectivity index (χ2v) is 9.15. The first-order chi connectivity index (χ1) is 9.71. The van der Waals surface area contributed by atoms with Crippen molar-refractivity contribution in [1.29, 1.82) is 0 Å².